The maximum Gasteiger partial charge on any atom is 0.315 e. The van der Waals surface area contributed by atoms with Crippen molar-refractivity contribution >= 4 is 34.8 Å². The summed E-state index contributed by atoms with van der Waals surface area (Å²) in [5.41, 5.74) is 11.1. The Morgan fingerprint density at radius 3 is 2.71 bits per heavy atom. The monoisotopic (exact) mass is 397 g/mol. The zero-order chi connectivity index (χ0) is 20.4. The fourth-order valence-electron chi connectivity index (χ4n) is 3.73. The number of aryl methyl sites for hydroxylation is 1. The molecule has 0 spiro atoms. The Hall–Kier alpha value is -2.66. The van der Waals surface area contributed by atoms with Gasteiger partial charge in [0.25, 0.3) is 0 Å². The average molecular weight is 398 g/mol. The van der Waals surface area contributed by atoms with Crippen LogP contribution in [0.2, 0.25) is 5.02 Å². The van der Waals surface area contributed by atoms with E-state index in [1.165, 1.54) is 0 Å². The lowest BCUT2D eigenvalue weighted by Crippen LogP contribution is -2.34. The number of halogens is 1. The molecule has 2 heterocycles. The molecule has 6 heteroatoms. The van der Waals surface area contributed by atoms with Gasteiger partial charge in [0.15, 0.2) is 5.82 Å². The Balaban J connectivity index is 2.28. The molecule has 146 valence electrons. The maximum atomic E-state index is 12.9. The van der Waals surface area contributed by atoms with Crippen molar-refractivity contribution in [3.8, 4) is 0 Å². The third-order valence-electron chi connectivity index (χ3n) is 5.16. The third-order valence-corrected chi connectivity index (χ3v) is 5.50. The van der Waals surface area contributed by atoms with E-state index in [0.29, 0.717) is 22.2 Å². The largest absolute Gasteiger partial charge is 0.461 e. The summed E-state index contributed by atoms with van der Waals surface area (Å²) in [5, 5.41) is 0.561. The molecule has 0 bridgehead atoms. The zero-order valence-electron chi connectivity index (χ0n) is 16.3. The molecule has 0 amide bonds. The summed E-state index contributed by atoms with van der Waals surface area (Å²) in [5.74, 6) is -0.887. The highest BCUT2D eigenvalue weighted by Gasteiger charge is 2.41. The van der Waals surface area contributed by atoms with Gasteiger partial charge in [0.1, 0.15) is 12.5 Å². The van der Waals surface area contributed by atoms with E-state index in [1.54, 1.807) is 12.1 Å². The van der Waals surface area contributed by atoms with Gasteiger partial charge in [-0.3, -0.25) is 4.79 Å². The van der Waals surface area contributed by atoms with E-state index in [2.05, 4.69) is 11.6 Å². The van der Waals surface area contributed by atoms with Crippen LogP contribution in [0, 0.1) is 12.8 Å². The van der Waals surface area contributed by atoms with Crippen molar-refractivity contribution in [1.29, 1.82) is 0 Å². The van der Waals surface area contributed by atoms with Crippen LogP contribution < -0.4 is 5.73 Å². The van der Waals surface area contributed by atoms with Crippen LogP contribution in [0.4, 0.5) is 11.5 Å². The SMILES string of the molecule is C=CCOC(=O)C1C(C)=Nc2nc(CC)c(C)c(N)c2C1c1ccccc1Cl. The number of aromatic nitrogens is 1. The lowest BCUT2D eigenvalue weighted by Gasteiger charge is -2.33. The molecule has 28 heavy (non-hydrogen) atoms. The van der Waals surface area contributed by atoms with Crippen LogP contribution in [0.15, 0.2) is 41.9 Å². The molecular formula is C22H24ClN3O2. The van der Waals surface area contributed by atoms with Gasteiger partial charge in [-0.05, 0) is 37.5 Å². The average Bonchev–Trinajstić information content (AvgIpc) is 2.68. The van der Waals surface area contributed by atoms with Gasteiger partial charge in [0.05, 0.1) is 0 Å². The number of nitrogens with zero attached hydrogens (tertiary/aromatic N) is 2. The topological polar surface area (TPSA) is 77.6 Å². The molecule has 1 aromatic heterocycles. The minimum Gasteiger partial charge on any atom is -0.461 e. The minimum atomic E-state index is -0.636. The molecule has 0 fully saturated rings. The summed E-state index contributed by atoms with van der Waals surface area (Å²) in [4.78, 5) is 22.3. The van der Waals surface area contributed by atoms with Crippen LogP contribution in [0.1, 0.15) is 42.1 Å². The lowest BCUT2D eigenvalue weighted by atomic mass is 9.75. The molecule has 3 rings (SSSR count). The van der Waals surface area contributed by atoms with Gasteiger partial charge in [0, 0.05) is 33.6 Å². The van der Waals surface area contributed by atoms with Gasteiger partial charge < -0.3 is 10.5 Å². The fraction of sp³-hybridized carbons (Fsp3) is 0.318. The number of nitrogen functional groups attached to an aromatic ring is 1. The number of carbonyl (C=O) groups excluding carboxylic acids is 1. The van der Waals surface area contributed by atoms with Gasteiger partial charge in [-0.25, -0.2) is 9.98 Å². The van der Waals surface area contributed by atoms with Crippen molar-refractivity contribution in [2.75, 3.05) is 12.3 Å². The molecule has 2 N–H and O–H groups in total. The van der Waals surface area contributed by atoms with Crippen LogP contribution in [0.3, 0.4) is 0 Å². The van der Waals surface area contributed by atoms with Crippen LogP contribution in [0.5, 0.6) is 0 Å². The maximum absolute atomic E-state index is 12.9. The summed E-state index contributed by atoms with van der Waals surface area (Å²) < 4.78 is 5.38. The van der Waals surface area contributed by atoms with E-state index >= 15 is 0 Å². The molecular weight excluding hydrogens is 374 g/mol. The van der Waals surface area contributed by atoms with Crippen molar-refractivity contribution in [2.45, 2.75) is 33.1 Å². The summed E-state index contributed by atoms with van der Waals surface area (Å²) in [6.45, 7) is 9.53. The second-order valence-electron chi connectivity index (χ2n) is 6.84. The highest BCUT2D eigenvalue weighted by atomic mass is 35.5. The molecule has 0 saturated carbocycles. The standard InChI is InChI=1S/C22H24ClN3O2/c1-5-11-28-22(27)17-13(4)25-21-19(20(24)12(3)16(6-2)26-21)18(17)14-9-7-8-10-15(14)23/h5,7-10,17-18H,1,6,11H2,2-4H3,(H2,24,26). The molecule has 0 radical (unpaired) electrons. The van der Waals surface area contributed by atoms with Crippen LogP contribution in [-0.2, 0) is 16.0 Å². The first-order valence-electron chi connectivity index (χ1n) is 9.26. The van der Waals surface area contributed by atoms with Crippen LogP contribution >= 0.6 is 11.6 Å². The van der Waals surface area contributed by atoms with E-state index < -0.39 is 11.8 Å². The second kappa shape index (κ2) is 8.15. The van der Waals surface area contributed by atoms with Gasteiger partial charge in [0.2, 0.25) is 0 Å². The first-order chi connectivity index (χ1) is 13.4. The lowest BCUT2D eigenvalue weighted by molar-refractivity contribution is -0.145. The van der Waals surface area contributed by atoms with E-state index in [-0.39, 0.29) is 12.6 Å². The van der Waals surface area contributed by atoms with Gasteiger partial charge in [-0.2, -0.15) is 0 Å². The number of aliphatic imine (C=N–C) groups is 1. The smallest absolute Gasteiger partial charge is 0.315 e. The molecule has 1 aromatic carbocycles. The number of hydrogen-bond acceptors (Lipinski definition) is 5. The highest BCUT2D eigenvalue weighted by Crippen LogP contribution is 2.47. The number of rotatable bonds is 5. The first-order valence-corrected chi connectivity index (χ1v) is 9.64. The number of benzene rings is 1. The van der Waals surface area contributed by atoms with Gasteiger partial charge in [-0.1, -0.05) is 49.4 Å². The predicted octanol–water partition coefficient (Wildman–Crippen LogP) is 4.77. The normalized spacial score (nSPS) is 18.2. The summed E-state index contributed by atoms with van der Waals surface area (Å²) in [7, 11) is 0. The second-order valence-corrected chi connectivity index (χ2v) is 7.24. The summed E-state index contributed by atoms with van der Waals surface area (Å²) in [6, 6.07) is 7.46. The van der Waals surface area contributed by atoms with Crippen LogP contribution in [0.25, 0.3) is 0 Å². The van der Waals surface area contributed by atoms with Crippen molar-refractivity contribution in [2.24, 2.45) is 10.9 Å². The Bertz CT molecular complexity index is 968. The molecule has 5 nitrogen and oxygen atoms in total. The minimum absolute atomic E-state index is 0.131. The number of anilines is 1. The molecule has 0 aliphatic carbocycles. The molecule has 0 saturated heterocycles. The van der Waals surface area contributed by atoms with Crippen molar-refractivity contribution in [3.63, 3.8) is 0 Å². The molecule has 2 atom stereocenters. The molecule has 2 unspecified atom stereocenters. The predicted molar refractivity (Wildman–Crippen MR) is 113 cm³/mol. The Morgan fingerprint density at radius 1 is 1.36 bits per heavy atom. The summed E-state index contributed by atoms with van der Waals surface area (Å²) in [6.07, 6.45) is 2.29. The molecule has 1 aliphatic rings. The highest BCUT2D eigenvalue weighted by molar-refractivity contribution is 6.31. The number of carbonyl (C=O) groups is 1. The number of nitrogens with two attached hydrogens (primary N) is 1. The molecule has 2 aromatic rings. The van der Waals surface area contributed by atoms with Crippen molar-refractivity contribution in [3.05, 3.63) is 64.3 Å². The van der Waals surface area contributed by atoms with Crippen molar-refractivity contribution < 1.29 is 9.53 Å². The van der Waals surface area contributed by atoms with Crippen LogP contribution in [-0.4, -0.2) is 23.3 Å². The Labute approximate surface area is 170 Å². The Kier molecular flexibility index (Phi) is 5.84. The van der Waals surface area contributed by atoms with E-state index in [0.717, 1.165) is 28.8 Å². The van der Waals surface area contributed by atoms with E-state index in [9.17, 15) is 4.79 Å². The van der Waals surface area contributed by atoms with Gasteiger partial charge >= 0.3 is 5.97 Å². The number of esters is 1. The number of hydrogen-bond donors (Lipinski definition) is 1. The summed E-state index contributed by atoms with van der Waals surface area (Å²) >= 11 is 6.53. The zero-order valence-corrected chi connectivity index (χ0v) is 17.1. The quantitative estimate of drug-likeness (QED) is 0.582. The third kappa shape index (κ3) is 3.42. The molecule has 1 aliphatic heterocycles. The van der Waals surface area contributed by atoms with Gasteiger partial charge in [-0.15, -0.1) is 0 Å². The van der Waals surface area contributed by atoms with Crippen molar-refractivity contribution in [1.82, 2.24) is 4.98 Å². The van der Waals surface area contributed by atoms with E-state index in [1.807, 2.05) is 39.0 Å². The van der Waals surface area contributed by atoms with E-state index in [4.69, 9.17) is 27.1 Å². The first kappa shape index (κ1) is 20.1. The number of pyridine rings is 1. The Morgan fingerprint density at radius 2 is 2.07 bits per heavy atom. The number of ether oxygens (including phenoxy) is 1. The fourth-order valence-corrected chi connectivity index (χ4v) is 3.98. The number of fused-ring (bicyclic) bond motifs is 1.